The van der Waals surface area contributed by atoms with E-state index in [-0.39, 0.29) is 28.2 Å². The van der Waals surface area contributed by atoms with Gasteiger partial charge >= 0.3 is 17.9 Å². The Morgan fingerprint density at radius 3 is 2.39 bits per heavy atom. The van der Waals surface area contributed by atoms with Crippen molar-refractivity contribution in [2.45, 2.75) is 49.5 Å². The predicted molar refractivity (Wildman–Crippen MR) is 142 cm³/mol. The van der Waals surface area contributed by atoms with E-state index >= 15 is 0 Å². The van der Waals surface area contributed by atoms with Crippen LogP contribution in [-0.4, -0.2) is 117 Å². The van der Waals surface area contributed by atoms with Gasteiger partial charge in [0.2, 0.25) is 6.29 Å². The van der Waals surface area contributed by atoms with Crippen molar-refractivity contribution in [1.82, 2.24) is 0 Å². The molecule has 1 fully saturated rings. The Hall–Kier alpha value is -4.03. The van der Waals surface area contributed by atoms with Gasteiger partial charge in [0.15, 0.2) is 23.4 Å². The molecule has 16 nitrogen and oxygen atoms in total. The molecule has 0 saturated carbocycles. The van der Waals surface area contributed by atoms with Crippen LogP contribution < -0.4 is 4.74 Å². The third kappa shape index (κ3) is 5.88. The van der Waals surface area contributed by atoms with Crippen LogP contribution in [0.4, 0.5) is 0 Å². The number of aliphatic hydroxyl groups excluding tert-OH is 4. The highest BCUT2D eigenvalue weighted by atomic mass is 16.8. The molecule has 4 rings (SSSR count). The Labute approximate surface area is 249 Å². The SMILES string of the molecule is COC(=O)C1=CO[C@@H](O[C@@H]2O[C@H](CO)[C@@H](O)[C@H](O)[C@H]2O)[C@H]2[C@H]1C(C)=C[C@@]2(O)C(=O)O/C=C(\C(=O)O)c1ccc(O)c(OC)c1. The number of hydrogen-bond acceptors (Lipinski definition) is 15. The van der Waals surface area contributed by atoms with E-state index in [9.17, 15) is 50.1 Å². The van der Waals surface area contributed by atoms with Crippen LogP contribution in [0.1, 0.15) is 12.5 Å². The van der Waals surface area contributed by atoms with Gasteiger partial charge in [0.05, 0.1) is 38.6 Å². The third-order valence-corrected chi connectivity index (χ3v) is 7.63. The number of aliphatic carboxylic acids is 1. The fourth-order valence-corrected chi connectivity index (χ4v) is 5.38. The Balaban J connectivity index is 1.69. The lowest BCUT2D eigenvalue weighted by Crippen LogP contribution is -2.61. The van der Waals surface area contributed by atoms with Crippen LogP contribution in [0.5, 0.6) is 11.5 Å². The molecule has 1 aromatic rings. The third-order valence-electron chi connectivity index (χ3n) is 7.63. The van der Waals surface area contributed by atoms with E-state index in [0.717, 1.165) is 25.5 Å². The quantitative estimate of drug-likeness (QED) is 0.0716. The molecule has 7 N–H and O–H groups in total. The zero-order chi connectivity index (χ0) is 32.5. The van der Waals surface area contributed by atoms with E-state index in [2.05, 4.69) is 0 Å². The van der Waals surface area contributed by atoms with Crippen LogP contribution in [-0.2, 0) is 38.1 Å². The Bertz CT molecular complexity index is 1380. The van der Waals surface area contributed by atoms with Gasteiger partial charge < -0.3 is 64.2 Å². The van der Waals surface area contributed by atoms with Crippen molar-refractivity contribution < 1.29 is 78.6 Å². The predicted octanol–water partition coefficient (Wildman–Crippen LogP) is -1.48. The fourth-order valence-electron chi connectivity index (χ4n) is 5.38. The summed E-state index contributed by atoms with van der Waals surface area (Å²) >= 11 is 0. The summed E-state index contributed by atoms with van der Waals surface area (Å²) in [5.41, 5.74) is -3.08. The van der Waals surface area contributed by atoms with Gasteiger partial charge in [-0.25, -0.2) is 14.4 Å². The Kier molecular flexibility index (Phi) is 9.65. The maximum atomic E-state index is 13.5. The van der Waals surface area contributed by atoms with Crippen LogP contribution in [0.25, 0.3) is 5.57 Å². The molecule has 44 heavy (non-hydrogen) atoms. The zero-order valence-corrected chi connectivity index (χ0v) is 23.6. The number of carbonyl (C=O) groups excluding carboxylic acids is 2. The first-order valence-corrected chi connectivity index (χ1v) is 13.1. The van der Waals surface area contributed by atoms with Gasteiger partial charge in [0, 0.05) is 5.92 Å². The lowest BCUT2D eigenvalue weighted by molar-refractivity contribution is -0.345. The molecule has 9 atom stereocenters. The second kappa shape index (κ2) is 12.9. The number of esters is 2. The van der Waals surface area contributed by atoms with Crippen LogP contribution >= 0.6 is 0 Å². The summed E-state index contributed by atoms with van der Waals surface area (Å²) in [4.78, 5) is 38.1. The average Bonchev–Trinajstić information content (AvgIpc) is 3.28. The van der Waals surface area contributed by atoms with E-state index < -0.39 is 84.5 Å². The number of aliphatic hydroxyl groups is 5. The minimum atomic E-state index is -2.65. The van der Waals surface area contributed by atoms with Crippen LogP contribution in [0, 0.1) is 11.8 Å². The van der Waals surface area contributed by atoms with E-state index in [1.165, 1.54) is 26.2 Å². The van der Waals surface area contributed by atoms with Crippen molar-refractivity contribution in [2.24, 2.45) is 11.8 Å². The fraction of sp³-hybridized carbons (Fsp3) is 0.464. The summed E-state index contributed by atoms with van der Waals surface area (Å²) in [6.07, 6.45) is -7.60. The normalized spacial score (nSPS) is 33.3. The topological polar surface area (TPSA) is 248 Å². The van der Waals surface area contributed by atoms with Crippen molar-refractivity contribution >= 4 is 23.5 Å². The molecule has 0 bridgehead atoms. The van der Waals surface area contributed by atoms with Crippen LogP contribution in [0.3, 0.4) is 0 Å². The first-order chi connectivity index (χ1) is 20.8. The van der Waals surface area contributed by atoms with Gasteiger partial charge in [-0.1, -0.05) is 11.6 Å². The second-order valence-electron chi connectivity index (χ2n) is 10.2. The summed E-state index contributed by atoms with van der Waals surface area (Å²) in [7, 11) is 2.34. The van der Waals surface area contributed by atoms with Crippen molar-refractivity contribution in [3.05, 3.63) is 53.5 Å². The molecule has 2 heterocycles. The number of hydrogen-bond donors (Lipinski definition) is 7. The van der Waals surface area contributed by atoms with E-state index in [1.807, 2.05) is 0 Å². The molecule has 0 unspecified atom stereocenters. The number of phenolic OH excluding ortho intramolecular Hbond substituents is 1. The van der Waals surface area contributed by atoms with Gasteiger partial charge in [-0.15, -0.1) is 0 Å². The minimum Gasteiger partial charge on any atom is -0.504 e. The number of phenols is 1. The standard InChI is InChI=1S/C28H32O16/c1-11-7-28(38,27(37)42-9-13(23(34)35)12-4-5-15(30)16(6-12)39-2)19-18(11)14(24(36)40-3)10-41-25(19)44-26-22(33)21(32)20(31)17(8-29)43-26/h4-7,9-10,17-22,25-26,29-33,38H,8H2,1-3H3,(H,34,35)/b13-9-/t17-,18+,19-,20-,21+,22-,25+,26+,28+/m1/s1. The highest BCUT2D eigenvalue weighted by Gasteiger charge is 2.61. The van der Waals surface area contributed by atoms with Crippen molar-refractivity contribution in [1.29, 1.82) is 0 Å². The number of ether oxygens (including phenoxy) is 6. The highest BCUT2D eigenvalue weighted by molar-refractivity contribution is 6.15. The summed E-state index contributed by atoms with van der Waals surface area (Å²) in [6, 6.07) is 3.57. The van der Waals surface area contributed by atoms with Gasteiger partial charge in [0.25, 0.3) is 0 Å². The monoisotopic (exact) mass is 624 g/mol. The van der Waals surface area contributed by atoms with Gasteiger partial charge in [-0.3, -0.25) is 0 Å². The molecule has 0 radical (unpaired) electrons. The molecule has 240 valence electrons. The van der Waals surface area contributed by atoms with E-state index in [0.29, 0.717) is 6.26 Å². The maximum Gasteiger partial charge on any atom is 0.347 e. The number of allylic oxidation sites excluding steroid dienone is 1. The molecule has 2 aliphatic heterocycles. The second-order valence-corrected chi connectivity index (χ2v) is 10.2. The Morgan fingerprint density at radius 2 is 1.77 bits per heavy atom. The van der Waals surface area contributed by atoms with Crippen LogP contribution in [0.15, 0.2) is 47.9 Å². The summed E-state index contributed by atoms with van der Waals surface area (Å²) in [6.45, 7) is 0.716. The molecule has 0 spiro atoms. The zero-order valence-electron chi connectivity index (χ0n) is 23.6. The largest absolute Gasteiger partial charge is 0.504 e. The molecule has 16 heteroatoms. The first kappa shape index (κ1) is 32.9. The van der Waals surface area contributed by atoms with Crippen molar-refractivity contribution in [2.75, 3.05) is 20.8 Å². The number of aromatic hydroxyl groups is 1. The van der Waals surface area contributed by atoms with Gasteiger partial charge in [-0.2, -0.15) is 0 Å². The number of methoxy groups -OCH3 is 2. The Morgan fingerprint density at radius 1 is 1.07 bits per heavy atom. The number of carboxylic acids is 1. The number of fused-ring (bicyclic) bond motifs is 1. The molecule has 3 aliphatic rings. The molecule has 0 aromatic heterocycles. The number of carboxylic acid groups (broad SMARTS) is 1. The summed E-state index contributed by atoms with van der Waals surface area (Å²) in [5, 5.41) is 71.6. The van der Waals surface area contributed by atoms with Crippen molar-refractivity contribution in [3.8, 4) is 11.5 Å². The lowest BCUT2D eigenvalue weighted by Gasteiger charge is -2.44. The maximum absolute atomic E-state index is 13.5. The van der Waals surface area contributed by atoms with E-state index in [4.69, 9.17) is 28.4 Å². The van der Waals surface area contributed by atoms with Gasteiger partial charge in [0.1, 0.15) is 36.3 Å². The molecule has 1 saturated heterocycles. The lowest BCUT2D eigenvalue weighted by atomic mass is 9.77. The molecular weight excluding hydrogens is 592 g/mol. The molecule has 1 aromatic carbocycles. The van der Waals surface area contributed by atoms with Gasteiger partial charge in [-0.05, 0) is 30.7 Å². The number of rotatable bonds is 9. The van der Waals surface area contributed by atoms with Crippen LogP contribution in [0.2, 0.25) is 0 Å². The summed E-state index contributed by atoms with van der Waals surface area (Å²) < 4.78 is 31.6. The first-order valence-electron chi connectivity index (χ1n) is 13.1. The molecule has 0 amide bonds. The molecular formula is C28H32O16. The highest BCUT2D eigenvalue weighted by Crippen LogP contribution is 2.50. The molecule has 1 aliphatic carbocycles. The average molecular weight is 625 g/mol. The smallest absolute Gasteiger partial charge is 0.347 e. The van der Waals surface area contributed by atoms with Crippen molar-refractivity contribution in [3.63, 3.8) is 0 Å². The number of carbonyl (C=O) groups is 3. The van der Waals surface area contributed by atoms with E-state index in [1.54, 1.807) is 0 Å². The number of benzene rings is 1. The minimum absolute atomic E-state index is 0.0244. The summed E-state index contributed by atoms with van der Waals surface area (Å²) in [5.74, 6) is -6.77.